The van der Waals surface area contributed by atoms with Crippen molar-refractivity contribution in [1.29, 1.82) is 0 Å². The summed E-state index contributed by atoms with van der Waals surface area (Å²) in [5.41, 5.74) is 1.43. The normalized spacial score (nSPS) is 10.4. The summed E-state index contributed by atoms with van der Waals surface area (Å²) in [5, 5.41) is 0. The van der Waals surface area contributed by atoms with Gasteiger partial charge in [0.1, 0.15) is 0 Å². The smallest absolute Gasteiger partial charge is 0.151 e. The van der Waals surface area contributed by atoms with Gasteiger partial charge in [0.25, 0.3) is 0 Å². The predicted octanol–water partition coefficient (Wildman–Crippen LogP) is 4.45. The van der Waals surface area contributed by atoms with Crippen molar-refractivity contribution < 1.29 is 9.35 Å². The van der Waals surface area contributed by atoms with Crippen LogP contribution in [0.15, 0.2) is 35.2 Å². The third-order valence-corrected chi connectivity index (χ3v) is 3.93. The Labute approximate surface area is 106 Å². The van der Waals surface area contributed by atoms with E-state index in [0.29, 0.717) is 26.8 Å². The molecule has 0 bridgehead atoms. The first-order valence-corrected chi connectivity index (χ1v) is 6.37. The zero-order chi connectivity index (χ0) is 11.5. The number of rotatable bonds is 3. The van der Waals surface area contributed by atoms with Crippen LogP contribution in [0.2, 0.25) is 4.34 Å². The van der Waals surface area contributed by atoms with Gasteiger partial charge < -0.3 is 4.55 Å². The standard InChI is InChI=1S/C11H7ClO2S2/c12-11-4-3-9(15-11)7-1-2-8(6-13)10(5-7)16-14/h1-6,14H. The molecule has 1 aromatic heterocycles. The van der Waals surface area contributed by atoms with E-state index in [0.717, 1.165) is 16.7 Å². The number of carbonyl (C=O) groups excluding carboxylic acids is 1. The molecule has 0 aliphatic rings. The molecule has 2 nitrogen and oxygen atoms in total. The minimum absolute atomic E-state index is 0.485. The molecule has 0 aliphatic heterocycles. The number of aldehydes is 1. The fraction of sp³-hybridized carbons (Fsp3) is 0. The maximum Gasteiger partial charge on any atom is 0.151 e. The molecule has 0 spiro atoms. The maximum atomic E-state index is 10.7. The van der Waals surface area contributed by atoms with Crippen LogP contribution in [0.4, 0.5) is 0 Å². The highest BCUT2D eigenvalue weighted by atomic mass is 35.5. The van der Waals surface area contributed by atoms with Crippen LogP contribution in [0, 0.1) is 0 Å². The Bertz CT molecular complexity index is 522. The van der Waals surface area contributed by atoms with Gasteiger partial charge in [0.05, 0.1) is 4.34 Å². The van der Waals surface area contributed by atoms with Gasteiger partial charge in [0.15, 0.2) is 6.29 Å². The van der Waals surface area contributed by atoms with Crippen molar-refractivity contribution in [2.24, 2.45) is 0 Å². The zero-order valence-electron chi connectivity index (χ0n) is 8.01. The summed E-state index contributed by atoms with van der Waals surface area (Å²) in [6.07, 6.45) is 0.726. The van der Waals surface area contributed by atoms with E-state index in [4.69, 9.17) is 16.2 Å². The minimum atomic E-state index is 0.485. The lowest BCUT2D eigenvalue weighted by Gasteiger charge is -2.02. The van der Waals surface area contributed by atoms with E-state index in [2.05, 4.69) is 0 Å². The van der Waals surface area contributed by atoms with Crippen LogP contribution in [0.5, 0.6) is 0 Å². The summed E-state index contributed by atoms with van der Waals surface area (Å²) in [4.78, 5) is 12.3. The molecule has 0 radical (unpaired) electrons. The summed E-state index contributed by atoms with van der Waals surface area (Å²) in [6.45, 7) is 0. The van der Waals surface area contributed by atoms with E-state index in [-0.39, 0.29) is 0 Å². The van der Waals surface area contributed by atoms with Gasteiger partial charge in [0, 0.05) is 27.4 Å². The van der Waals surface area contributed by atoms with Crippen LogP contribution in [-0.2, 0) is 0 Å². The third-order valence-electron chi connectivity index (χ3n) is 2.10. The monoisotopic (exact) mass is 270 g/mol. The lowest BCUT2D eigenvalue weighted by atomic mass is 10.1. The lowest BCUT2D eigenvalue weighted by molar-refractivity contribution is 0.112. The molecule has 0 atom stereocenters. The Morgan fingerprint density at radius 3 is 2.69 bits per heavy atom. The van der Waals surface area contributed by atoms with Crippen molar-refractivity contribution in [3.8, 4) is 10.4 Å². The molecule has 2 rings (SSSR count). The Morgan fingerprint density at radius 2 is 2.12 bits per heavy atom. The third kappa shape index (κ3) is 2.30. The molecule has 1 N–H and O–H groups in total. The SMILES string of the molecule is O=Cc1ccc(-c2ccc(Cl)s2)cc1SO. The van der Waals surface area contributed by atoms with E-state index in [9.17, 15) is 4.79 Å². The van der Waals surface area contributed by atoms with Gasteiger partial charge in [-0.3, -0.25) is 4.79 Å². The van der Waals surface area contributed by atoms with Crippen molar-refractivity contribution in [1.82, 2.24) is 0 Å². The second-order valence-corrected chi connectivity index (χ2v) is 5.40. The van der Waals surface area contributed by atoms with Gasteiger partial charge in [-0.15, -0.1) is 11.3 Å². The second-order valence-electron chi connectivity index (χ2n) is 3.07. The summed E-state index contributed by atoms with van der Waals surface area (Å²) in [5.74, 6) is 0. The van der Waals surface area contributed by atoms with Gasteiger partial charge in [-0.05, 0) is 29.8 Å². The van der Waals surface area contributed by atoms with Crippen LogP contribution >= 0.6 is 35.0 Å². The molecule has 16 heavy (non-hydrogen) atoms. The number of benzene rings is 1. The van der Waals surface area contributed by atoms with E-state index in [1.165, 1.54) is 11.3 Å². The molecule has 0 saturated heterocycles. The molecular weight excluding hydrogens is 264 g/mol. The molecule has 0 saturated carbocycles. The highest BCUT2D eigenvalue weighted by molar-refractivity contribution is 7.93. The molecule has 2 aromatic rings. The van der Waals surface area contributed by atoms with Crippen molar-refractivity contribution >= 4 is 41.3 Å². The zero-order valence-corrected chi connectivity index (χ0v) is 10.4. The van der Waals surface area contributed by atoms with Crippen molar-refractivity contribution in [3.63, 3.8) is 0 Å². The molecule has 0 fully saturated rings. The minimum Gasteiger partial charge on any atom is -0.325 e. The fourth-order valence-electron chi connectivity index (χ4n) is 1.33. The molecule has 0 aliphatic carbocycles. The molecule has 0 amide bonds. The summed E-state index contributed by atoms with van der Waals surface area (Å²) in [6, 6.07) is 9.03. The fourth-order valence-corrected chi connectivity index (χ4v) is 2.77. The number of carbonyl (C=O) groups is 1. The van der Waals surface area contributed by atoms with Gasteiger partial charge in [0.2, 0.25) is 0 Å². The average Bonchev–Trinajstić information content (AvgIpc) is 2.75. The molecule has 82 valence electrons. The molecular formula is C11H7ClO2S2. The summed E-state index contributed by atoms with van der Waals surface area (Å²) < 4.78 is 9.78. The Morgan fingerprint density at radius 1 is 1.31 bits per heavy atom. The van der Waals surface area contributed by atoms with E-state index in [1.54, 1.807) is 12.1 Å². The van der Waals surface area contributed by atoms with Crippen molar-refractivity contribution in [2.45, 2.75) is 4.90 Å². The topological polar surface area (TPSA) is 37.3 Å². The molecule has 0 unspecified atom stereocenters. The first-order valence-electron chi connectivity index (χ1n) is 4.41. The van der Waals surface area contributed by atoms with Crippen molar-refractivity contribution in [3.05, 3.63) is 40.2 Å². The van der Waals surface area contributed by atoms with E-state index in [1.807, 2.05) is 18.2 Å². The van der Waals surface area contributed by atoms with Crippen LogP contribution in [0.25, 0.3) is 10.4 Å². The van der Waals surface area contributed by atoms with E-state index >= 15 is 0 Å². The van der Waals surface area contributed by atoms with Gasteiger partial charge in [-0.1, -0.05) is 17.7 Å². The first-order chi connectivity index (χ1) is 7.74. The summed E-state index contributed by atoms with van der Waals surface area (Å²) in [7, 11) is 0. The largest absolute Gasteiger partial charge is 0.325 e. The quantitative estimate of drug-likeness (QED) is 0.661. The van der Waals surface area contributed by atoms with Gasteiger partial charge in [-0.2, -0.15) is 0 Å². The molecule has 5 heteroatoms. The highest BCUT2D eigenvalue weighted by Gasteiger charge is 2.06. The van der Waals surface area contributed by atoms with Crippen LogP contribution in [-0.4, -0.2) is 10.8 Å². The molecule has 1 aromatic carbocycles. The van der Waals surface area contributed by atoms with Crippen LogP contribution < -0.4 is 0 Å². The Hall–Kier alpha value is -0.810. The van der Waals surface area contributed by atoms with Gasteiger partial charge in [-0.25, -0.2) is 0 Å². The average molecular weight is 271 g/mol. The van der Waals surface area contributed by atoms with E-state index < -0.39 is 0 Å². The Balaban J connectivity index is 2.47. The number of hydrogen-bond acceptors (Lipinski definition) is 4. The van der Waals surface area contributed by atoms with Crippen LogP contribution in [0.3, 0.4) is 0 Å². The predicted molar refractivity (Wildman–Crippen MR) is 68.6 cm³/mol. The highest BCUT2D eigenvalue weighted by Crippen LogP contribution is 2.33. The number of halogens is 1. The summed E-state index contributed by atoms with van der Waals surface area (Å²) >= 11 is 7.89. The lowest BCUT2D eigenvalue weighted by Crippen LogP contribution is -1.85. The number of hydrogen-bond donors (Lipinski definition) is 1. The Kier molecular flexibility index (Phi) is 3.66. The van der Waals surface area contributed by atoms with Crippen LogP contribution in [0.1, 0.15) is 10.4 Å². The first kappa shape index (κ1) is 11.7. The van der Waals surface area contributed by atoms with Gasteiger partial charge >= 0.3 is 0 Å². The molecule has 1 heterocycles. The second kappa shape index (κ2) is 5.01. The number of thiophene rings is 1. The van der Waals surface area contributed by atoms with Crippen molar-refractivity contribution in [2.75, 3.05) is 0 Å². The maximum absolute atomic E-state index is 10.7.